The van der Waals surface area contributed by atoms with Gasteiger partial charge in [0.15, 0.2) is 9.84 Å². The van der Waals surface area contributed by atoms with E-state index in [0.717, 1.165) is 44.8 Å². The van der Waals surface area contributed by atoms with Gasteiger partial charge in [-0.25, -0.2) is 12.8 Å². The van der Waals surface area contributed by atoms with Gasteiger partial charge in [0.05, 0.1) is 10.1 Å². The smallest absolute Gasteiger partial charge is 0.181 e. The van der Waals surface area contributed by atoms with E-state index in [0.29, 0.717) is 0 Å². The lowest BCUT2D eigenvalue weighted by Crippen LogP contribution is -2.41. The fourth-order valence-corrected chi connectivity index (χ4v) is 5.65. The molecule has 1 saturated heterocycles. The summed E-state index contributed by atoms with van der Waals surface area (Å²) >= 11 is 0. The first kappa shape index (κ1) is 14.0. The molecule has 110 valence electrons. The lowest BCUT2D eigenvalue weighted by molar-refractivity contribution is 0.342. The van der Waals surface area contributed by atoms with Crippen molar-refractivity contribution >= 4 is 9.84 Å². The zero-order valence-electron chi connectivity index (χ0n) is 11.4. The van der Waals surface area contributed by atoms with Crippen molar-refractivity contribution in [1.82, 2.24) is 5.32 Å². The van der Waals surface area contributed by atoms with Gasteiger partial charge in [-0.3, -0.25) is 0 Å². The molecule has 1 saturated carbocycles. The van der Waals surface area contributed by atoms with E-state index in [1.165, 1.54) is 18.2 Å². The fraction of sp³-hybridized carbons (Fsp3) is 0.600. The van der Waals surface area contributed by atoms with Crippen LogP contribution in [0.5, 0.6) is 0 Å². The molecule has 1 aromatic rings. The van der Waals surface area contributed by atoms with Crippen molar-refractivity contribution < 1.29 is 12.8 Å². The molecule has 1 N–H and O–H groups in total. The standard InChI is InChI=1S/C15H20FNO2S/c16-13-4-1-5-14(9-13)20(18,19)15(11-6-7-11)12-3-2-8-17-10-12/h1,4-5,9,11-12,15,17H,2-3,6-8,10H2. The molecular formula is C15H20FNO2S. The van der Waals surface area contributed by atoms with Crippen LogP contribution in [0.25, 0.3) is 0 Å². The first-order chi connectivity index (χ1) is 9.59. The second-order valence-electron chi connectivity index (χ2n) is 5.91. The van der Waals surface area contributed by atoms with E-state index in [9.17, 15) is 12.8 Å². The largest absolute Gasteiger partial charge is 0.316 e. The third kappa shape index (κ3) is 2.74. The van der Waals surface area contributed by atoms with Crippen LogP contribution < -0.4 is 5.32 Å². The Morgan fingerprint density at radius 3 is 2.60 bits per heavy atom. The number of halogens is 1. The summed E-state index contributed by atoms with van der Waals surface area (Å²) in [4.78, 5) is 0.139. The highest BCUT2D eigenvalue weighted by molar-refractivity contribution is 7.92. The van der Waals surface area contributed by atoms with Crippen LogP contribution in [0.1, 0.15) is 25.7 Å². The molecule has 0 radical (unpaired) electrons. The Hall–Kier alpha value is -0.940. The maximum atomic E-state index is 13.3. The highest BCUT2D eigenvalue weighted by atomic mass is 32.2. The first-order valence-electron chi connectivity index (χ1n) is 7.29. The molecule has 1 aliphatic heterocycles. The van der Waals surface area contributed by atoms with Crippen LogP contribution in [0.15, 0.2) is 29.2 Å². The van der Waals surface area contributed by atoms with Crippen molar-refractivity contribution in [2.75, 3.05) is 13.1 Å². The Morgan fingerprint density at radius 1 is 1.20 bits per heavy atom. The topological polar surface area (TPSA) is 46.2 Å². The molecule has 0 amide bonds. The number of benzene rings is 1. The molecule has 2 fully saturated rings. The lowest BCUT2D eigenvalue weighted by atomic mass is 9.93. The molecule has 3 nitrogen and oxygen atoms in total. The van der Waals surface area contributed by atoms with Gasteiger partial charge in [0.25, 0.3) is 0 Å². The molecule has 1 aliphatic carbocycles. The Balaban J connectivity index is 1.93. The van der Waals surface area contributed by atoms with Crippen molar-refractivity contribution in [3.8, 4) is 0 Å². The Bertz CT molecular complexity index is 577. The van der Waals surface area contributed by atoms with Gasteiger partial charge >= 0.3 is 0 Å². The van der Waals surface area contributed by atoms with Crippen molar-refractivity contribution in [2.24, 2.45) is 11.8 Å². The predicted molar refractivity (Wildman–Crippen MR) is 75.7 cm³/mol. The van der Waals surface area contributed by atoms with Crippen molar-refractivity contribution in [3.63, 3.8) is 0 Å². The number of hydrogen-bond acceptors (Lipinski definition) is 3. The van der Waals surface area contributed by atoms with Gasteiger partial charge in [-0.15, -0.1) is 0 Å². The van der Waals surface area contributed by atoms with E-state index < -0.39 is 15.7 Å². The van der Waals surface area contributed by atoms with Gasteiger partial charge in [0.2, 0.25) is 0 Å². The van der Waals surface area contributed by atoms with Crippen molar-refractivity contribution in [2.45, 2.75) is 35.8 Å². The van der Waals surface area contributed by atoms with Gasteiger partial charge in [-0.1, -0.05) is 6.07 Å². The minimum absolute atomic E-state index is 0.139. The van der Waals surface area contributed by atoms with Crippen LogP contribution in [0.2, 0.25) is 0 Å². The molecule has 0 bridgehead atoms. The number of rotatable bonds is 4. The monoisotopic (exact) mass is 297 g/mol. The summed E-state index contributed by atoms with van der Waals surface area (Å²) in [7, 11) is -3.44. The van der Waals surface area contributed by atoms with Crippen LogP contribution in [-0.2, 0) is 9.84 Å². The average molecular weight is 297 g/mol. The van der Waals surface area contributed by atoms with Gasteiger partial charge in [0.1, 0.15) is 5.82 Å². The second-order valence-corrected chi connectivity index (χ2v) is 8.02. The Morgan fingerprint density at radius 2 is 2.00 bits per heavy atom. The van der Waals surface area contributed by atoms with E-state index in [2.05, 4.69) is 5.32 Å². The van der Waals surface area contributed by atoms with E-state index in [-0.39, 0.29) is 22.0 Å². The summed E-state index contributed by atoms with van der Waals surface area (Å²) in [6.45, 7) is 1.73. The normalized spacial score (nSPS) is 25.4. The van der Waals surface area contributed by atoms with Crippen LogP contribution in [0.3, 0.4) is 0 Å². The third-order valence-corrected chi connectivity index (χ3v) is 6.77. The lowest BCUT2D eigenvalue weighted by Gasteiger charge is -2.30. The second kappa shape index (κ2) is 5.45. The maximum absolute atomic E-state index is 13.3. The zero-order chi connectivity index (χ0) is 14.2. The summed E-state index contributed by atoms with van der Waals surface area (Å²) in [6.07, 6.45) is 3.93. The molecule has 1 heterocycles. The molecule has 0 spiro atoms. The molecule has 3 rings (SSSR count). The zero-order valence-corrected chi connectivity index (χ0v) is 12.2. The molecule has 5 heteroatoms. The minimum Gasteiger partial charge on any atom is -0.316 e. The van der Waals surface area contributed by atoms with Gasteiger partial charge in [-0.05, 0) is 68.8 Å². The van der Waals surface area contributed by atoms with Gasteiger partial charge < -0.3 is 5.32 Å². The molecular weight excluding hydrogens is 277 g/mol. The maximum Gasteiger partial charge on any atom is 0.181 e. The summed E-state index contributed by atoms with van der Waals surface area (Å²) in [5.74, 6) is -0.0694. The molecule has 2 aliphatic rings. The summed E-state index contributed by atoms with van der Waals surface area (Å²) in [5.41, 5.74) is 0. The molecule has 2 unspecified atom stereocenters. The number of hydrogen-bond donors (Lipinski definition) is 1. The van der Waals surface area contributed by atoms with E-state index in [4.69, 9.17) is 0 Å². The van der Waals surface area contributed by atoms with Crippen molar-refractivity contribution in [3.05, 3.63) is 30.1 Å². The fourth-order valence-electron chi connectivity index (χ4n) is 3.28. The minimum atomic E-state index is -3.44. The highest BCUT2D eigenvalue weighted by Crippen LogP contribution is 2.43. The van der Waals surface area contributed by atoms with Crippen LogP contribution >= 0.6 is 0 Å². The summed E-state index contributed by atoms with van der Waals surface area (Å²) < 4.78 is 39.1. The molecule has 0 aromatic heterocycles. The van der Waals surface area contributed by atoms with Crippen LogP contribution in [-0.4, -0.2) is 26.8 Å². The summed E-state index contributed by atoms with van der Waals surface area (Å²) in [5, 5.41) is 2.94. The number of nitrogens with one attached hydrogen (secondary N) is 1. The average Bonchev–Trinajstić information content (AvgIpc) is 3.24. The van der Waals surface area contributed by atoms with Gasteiger partial charge in [0, 0.05) is 0 Å². The quantitative estimate of drug-likeness (QED) is 0.928. The highest BCUT2D eigenvalue weighted by Gasteiger charge is 2.45. The number of piperidine rings is 1. The van der Waals surface area contributed by atoms with E-state index >= 15 is 0 Å². The van der Waals surface area contributed by atoms with Gasteiger partial charge in [-0.2, -0.15) is 0 Å². The molecule has 20 heavy (non-hydrogen) atoms. The summed E-state index contributed by atoms with van der Waals surface area (Å²) in [6, 6.07) is 5.43. The van der Waals surface area contributed by atoms with Crippen molar-refractivity contribution in [1.29, 1.82) is 0 Å². The van der Waals surface area contributed by atoms with E-state index in [1.54, 1.807) is 0 Å². The Labute approximate surface area is 119 Å². The molecule has 2 atom stereocenters. The van der Waals surface area contributed by atoms with Crippen LogP contribution in [0, 0.1) is 17.7 Å². The third-order valence-electron chi connectivity index (χ3n) is 4.37. The Kier molecular flexibility index (Phi) is 3.82. The predicted octanol–water partition coefficient (Wildman–Crippen LogP) is 2.38. The first-order valence-corrected chi connectivity index (χ1v) is 8.84. The van der Waals surface area contributed by atoms with Crippen LogP contribution in [0.4, 0.5) is 4.39 Å². The SMILES string of the molecule is O=S(=O)(c1cccc(F)c1)C(C1CC1)C1CCCNC1. The number of sulfone groups is 1. The molecule has 1 aromatic carbocycles. The van der Waals surface area contributed by atoms with E-state index in [1.807, 2.05) is 0 Å².